The topological polar surface area (TPSA) is 67.0 Å². The highest BCUT2D eigenvalue weighted by atomic mass is 127. The number of methoxy groups -OCH3 is 1. The number of aromatic amines is 1. The second-order valence-corrected chi connectivity index (χ2v) is 6.27. The molecule has 0 unspecified atom stereocenters. The largest absolute Gasteiger partial charge is 0.495 e. The first-order valence-corrected chi connectivity index (χ1v) is 7.72. The molecule has 0 aliphatic rings. The van der Waals surface area contributed by atoms with Gasteiger partial charge in [0.25, 0.3) is 5.56 Å². The van der Waals surface area contributed by atoms with Crippen molar-refractivity contribution >= 4 is 66.0 Å². The smallest absolute Gasteiger partial charge is 0.266 e. The Hall–Kier alpha value is -0.610. The molecular formula is C11H8Br2IN3O2. The summed E-state index contributed by atoms with van der Waals surface area (Å²) < 4.78 is 7.39. The van der Waals surface area contributed by atoms with Crippen LogP contribution in [0.25, 0.3) is 0 Å². The van der Waals surface area contributed by atoms with E-state index in [1.807, 2.05) is 34.7 Å². The average Bonchev–Trinajstić information content (AvgIpc) is 2.38. The molecule has 0 spiro atoms. The van der Waals surface area contributed by atoms with Gasteiger partial charge in [-0.05, 0) is 60.5 Å². The van der Waals surface area contributed by atoms with E-state index in [9.17, 15) is 4.79 Å². The van der Waals surface area contributed by atoms with Crippen LogP contribution in [0.4, 0.5) is 11.5 Å². The molecule has 0 amide bonds. The van der Waals surface area contributed by atoms with Crippen molar-refractivity contribution in [1.29, 1.82) is 0 Å². The zero-order chi connectivity index (χ0) is 14.0. The first-order valence-electron chi connectivity index (χ1n) is 5.06. The lowest BCUT2D eigenvalue weighted by atomic mass is 10.3. The number of benzene rings is 1. The molecule has 2 N–H and O–H groups in total. The fourth-order valence-corrected chi connectivity index (χ4v) is 3.06. The van der Waals surface area contributed by atoms with Crippen LogP contribution in [0.2, 0.25) is 0 Å². The Labute approximate surface area is 139 Å². The van der Waals surface area contributed by atoms with Crippen molar-refractivity contribution in [1.82, 2.24) is 9.97 Å². The highest BCUT2D eigenvalue weighted by Gasteiger charge is 2.10. The molecular weight excluding hydrogens is 493 g/mol. The van der Waals surface area contributed by atoms with Crippen molar-refractivity contribution in [3.8, 4) is 5.75 Å². The average molecular weight is 501 g/mol. The van der Waals surface area contributed by atoms with Gasteiger partial charge < -0.3 is 15.0 Å². The molecule has 0 aliphatic heterocycles. The summed E-state index contributed by atoms with van der Waals surface area (Å²) in [6, 6.07) is 3.67. The van der Waals surface area contributed by atoms with Crippen LogP contribution < -0.4 is 15.6 Å². The van der Waals surface area contributed by atoms with E-state index in [0.29, 0.717) is 15.1 Å². The minimum Gasteiger partial charge on any atom is -0.495 e. The molecule has 0 radical (unpaired) electrons. The number of rotatable bonds is 3. The third-order valence-corrected chi connectivity index (χ3v) is 4.57. The van der Waals surface area contributed by atoms with Crippen LogP contribution in [0.1, 0.15) is 0 Å². The molecule has 0 aliphatic carbocycles. The number of anilines is 2. The zero-order valence-electron chi connectivity index (χ0n) is 9.63. The summed E-state index contributed by atoms with van der Waals surface area (Å²) in [6.45, 7) is 0. The molecule has 0 bridgehead atoms. The molecule has 19 heavy (non-hydrogen) atoms. The Kier molecular flexibility index (Phi) is 4.85. The van der Waals surface area contributed by atoms with Gasteiger partial charge in [-0.3, -0.25) is 4.79 Å². The van der Waals surface area contributed by atoms with Gasteiger partial charge in [0.15, 0.2) is 5.82 Å². The number of halogens is 3. The SMILES string of the molecule is COc1cc(Nc2nc[nH]c(=O)c2I)c(Br)cc1Br. The third-order valence-electron chi connectivity index (χ3n) is 2.29. The van der Waals surface area contributed by atoms with Gasteiger partial charge in [-0.1, -0.05) is 0 Å². The summed E-state index contributed by atoms with van der Waals surface area (Å²) in [6.07, 6.45) is 1.36. The van der Waals surface area contributed by atoms with Crippen LogP contribution in [-0.2, 0) is 0 Å². The monoisotopic (exact) mass is 499 g/mol. The Morgan fingerprint density at radius 2 is 2.11 bits per heavy atom. The fourth-order valence-electron chi connectivity index (χ4n) is 1.38. The summed E-state index contributed by atoms with van der Waals surface area (Å²) in [5, 5.41) is 3.10. The van der Waals surface area contributed by atoms with Gasteiger partial charge in [-0.15, -0.1) is 0 Å². The van der Waals surface area contributed by atoms with Gasteiger partial charge in [0.1, 0.15) is 9.32 Å². The van der Waals surface area contributed by atoms with E-state index in [2.05, 4.69) is 47.1 Å². The number of hydrogen-bond acceptors (Lipinski definition) is 4. The minimum atomic E-state index is -0.182. The van der Waals surface area contributed by atoms with Crippen molar-refractivity contribution in [3.05, 3.63) is 41.3 Å². The normalized spacial score (nSPS) is 10.3. The maximum Gasteiger partial charge on any atom is 0.266 e. The number of hydrogen-bond donors (Lipinski definition) is 2. The van der Waals surface area contributed by atoms with E-state index in [1.54, 1.807) is 7.11 Å². The lowest BCUT2D eigenvalue weighted by molar-refractivity contribution is 0.412. The predicted octanol–water partition coefficient (Wildman–Crippen LogP) is 3.65. The first kappa shape index (κ1) is 14.8. The van der Waals surface area contributed by atoms with E-state index in [1.165, 1.54) is 6.33 Å². The molecule has 5 nitrogen and oxygen atoms in total. The highest BCUT2D eigenvalue weighted by molar-refractivity contribution is 14.1. The van der Waals surface area contributed by atoms with E-state index in [-0.39, 0.29) is 5.56 Å². The lowest BCUT2D eigenvalue weighted by Gasteiger charge is -2.11. The molecule has 0 atom stereocenters. The van der Waals surface area contributed by atoms with E-state index >= 15 is 0 Å². The Bertz CT molecular complexity index is 675. The fraction of sp³-hybridized carbons (Fsp3) is 0.0909. The molecule has 0 saturated carbocycles. The van der Waals surface area contributed by atoms with Crippen LogP contribution in [0.3, 0.4) is 0 Å². The van der Waals surface area contributed by atoms with Gasteiger partial charge in [-0.2, -0.15) is 0 Å². The highest BCUT2D eigenvalue weighted by Crippen LogP contribution is 2.35. The lowest BCUT2D eigenvalue weighted by Crippen LogP contribution is -2.13. The maximum atomic E-state index is 11.5. The zero-order valence-corrected chi connectivity index (χ0v) is 15.0. The van der Waals surface area contributed by atoms with Crippen LogP contribution in [0.15, 0.2) is 32.2 Å². The second kappa shape index (κ2) is 6.23. The quantitative estimate of drug-likeness (QED) is 0.631. The Morgan fingerprint density at radius 3 is 2.79 bits per heavy atom. The number of aromatic nitrogens is 2. The van der Waals surface area contributed by atoms with Crippen molar-refractivity contribution in [2.75, 3.05) is 12.4 Å². The Balaban J connectivity index is 2.43. The second-order valence-electron chi connectivity index (χ2n) is 3.49. The number of ether oxygens (including phenoxy) is 1. The molecule has 0 fully saturated rings. The summed E-state index contributed by atoms with van der Waals surface area (Å²) in [5.74, 6) is 1.18. The summed E-state index contributed by atoms with van der Waals surface area (Å²) in [7, 11) is 1.59. The first-order chi connectivity index (χ1) is 9.02. The van der Waals surface area contributed by atoms with Crippen LogP contribution in [-0.4, -0.2) is 17.1 Å². The van der Waals surface area contributed by atoms with E-state index in [4.69, 9.17) is 4.74 Å². The number of nitrogens with zero attached hydrogens (tertiary/aromatic N) is 1. The summed E-state index contributed by atoms with van der Waals surface area (Å²) in [5.41, 5.74) is 0.578. The van der Waals surface area contributed by atoms with Crippen molar-refractivity contribution < 1.29 is 4.74 Å². The van der Waals surface area contributed by atoms with Crippen LogP contribution >= 0.6 is 54.5 Å². The molecule has 2 aromatic rings. The number of H-pyrrole nitrogens is 1. The van der Waals surface area contributed by atoms with E-state index in [0.717, 1.165) is 14.6 Å². The third kappa shape index (κ3) is 3.29. The van der Waals surface area contributed by atoms with Crippen LogP contribution in [0, 0.1) is 3.57 Å². The molecule has 1 aromatic heterocycles. The van der Waals surface area contributed by atoms with E-state index < -0.39 is 0 Å². The Morgan fingerprint density at radius 1 is 1.37 bits per heavy atom. The van der Waals surface area contributed by atoms with Gasteiger partial charge in [0, 0.05) is 10.5 Å². The summed E-state index contributed by atoms with van der Waals surface area (Å²) >= 11 is 8.79. The summed E-state index contributed by atoms with van der Waals surface area (Å²) in [4.78, 5) is 18.1. The standard InChI is InChI=1S/C11H8Br2IN3O2/c1-19-8-3-7(5(12)2-6(8)13)17-10-9(14)11(18)16-4-15-10/h2-4H,1H3,(H2,15,16,17,18). The molecule has 0 saturated heterocycles. The number of nitrogens with one attached hydrogen (secondary N) is 2. The van der Waals surface area contributed by atoms with Crippen molar-refractivity contribution in [3.63, 3.8) is 0 Å². The van der Waals surface area contributed by atoms with Gasteiger partial charge in [-0.25, -0.2) is 4.98 Å². The molecule has 1 heterocycles. The minimum absolute atomic E-state index is 0.182. The van der Waals surface area contributed by atoms with Gasteiger partial charge in [0.2, 0.25) is 0 Å². The van der Waals surface area contributed by atoms with Crippen LogP contribution in [0.5, 0.6) is 5.75 Å². The molecule has 100 valence electrons. The molecule has 1 aromatic carbocycles. The molecule has 2 rings (SSSR count). The van der Waals surface area contributed by atoms with Crippen molar-refractivity contribution in [2.24, 2.45) is 0 Å². The molecule has 8 heteroatoms. The van der Waals surface area contributed by atoms with Crippen molar-refractivity contribution in [2.45, 2.75) is 0 Å². The maximum absolute atomic E-state index is 11.5. The van der Waals surface area contributed by atoms with Gasteiger partial charge >= 0.3 is 0 Å². The predicted molar refractivity (Wildman–Crippen MR) is 89.3 cm³/mol. The van der Waals surface area contributed by atoms with Gasteiger partial charge in [0.05, 0.1) is 23.6 Å².